The predicted octanol–water partition coefficient (Wildman–Crippen LogP) is 1.82. The van der Waals surface area contributed by atoms with E-state index in [1.807, 2.05) is 6.92 Å². The van der Waals surface area contributed by atoms with Gasteiger partial charge in [0.2, 0.25) is 0 Å². The molecule has 4 rings (SSSR count). The Hall–Kier alpha value is -1.17. The number of Topliss-reactive ketones (excluding diaryl/α,β-unsaturated/α-hetero) is 1. The van der Waals surface area contributed by atoms with Gasteiger partial charge in [0, 0.05) is 22.8 Å². The van der Waals surface area contributed by atoms with Crippen molar-refractivity contribution in [2.45, 2.75) is 57.5 Å². The number of aryl methyl sites for hydroxylation is 1. The monoisotopic (exact) mass is 348 g/mol. The van der Waals surface area contributed by atoms with Crippen molar-refractivity contribution in [1.29, 1.82) is 0 Å². The molecule has 138 valence electrons. The third kappa shape index (κ3) is 1.97. The van der Waals surface area contributed by atoms with E-state index >= 15 is 0 Å². The Balaban J connectivity index is 1.85. The lowest BCUT2D eigenvalue weighted by Gasteiger charge is -2.64. The standard InChI is InChI=1S/C20H28O5/c1-18-7-14(23)17(24)19(2,10-21)15(18)5-6-20(11-22)13-9-25-8-12(13)3-4-16(18)20/h8-9,15-17,21-22,24H,3-7,10-11H2,1-2H3. The first-order valence-electron chi connectivity index (χ1n) is 9.31. The van der Waals surface area contributed by atoms with Gasteiger partial charge in [-0.15, -0.1) is 0 Å². The van der Waals surface area contributed by atoms with Crippen molar-refractivity contribution in [1.82, 2.24) is 0 Å². The highest BCUT2D eigenvalue weighted by atomic mass is 16.3. The Morgan fingerprint density at radius 2 is 1.92 bits per heavy atom. The first-order valence-corrected chi connectivity index (χ1v) is 9.31. The second kappa shape index (κ2) is 5.41. The molecule has 6 unspecified atom stereocenters. The predicted molar refractivity (Wildman–Crippen MR) is 90.9 cm³/mol. The summed E-state index contributed by atoms with van der Waals surface area (Å²) in [6, 6.07) is 0. The van der Waals surface area contributed by atoms with E-state index in [9.17, 15) is 20.1 Å². The minimum Gasteiger partial charge on any atom is -0.472 e. The zero-order chi connectivity index (χ0) is 18.0. The molecule has 0 radical (unpaired) electrons. The quantitative estimate of drug-likeness (QED) is 0.758. The molecule has 25 heavy (non-hydrogen) atoms. The molecule has 3 aliphatic carbocycles. The molecule has 0 saturated heterocycles. The summed E-state index contributed by atoms with van der Waals surface area (Å²) in [5.74, 6) is 0.00836. The largest absolute Gasteiger partial charge is 0.472 e. The fraction of sp³-hybridized carbons (Fsp3) is 0.750. The van der Waals surface area contributed by atoms with Crippen molar-refractivity contribution in [2.24, 2.45) is 22.7 Å². The van der Waals surface area contributed by atoms with E-state index in [1.54, 1.807) is 12.5 Å². The average molecular weight is 348 g/mol. The fourth-order valence-corrected chi connectivity index (χ4v) is 6.79. The van der Waals surface area contributed by atoms with E-state index in [2.05, 4.69) is 6.92 Å². The molecule has 6 atom stereocenters. The molecule has 3 N–H and O–H groups in total. The average Bonchev–Trinajstić information content (AvgIpc) is 3.09. The number of aliphatic hydroxyl groups is 3. The number of rotatable bonds is 2. The maximum Gasteiger partial charge on any atom is 0.162 e. The van der Waals surface area contributed by atoms with Crippen LogP contribution in [0.4, 0.5) is 0 Å². The van der Waals surface area contributed by atoms with Gasteiger partial charge in [-0.2, -0.15) is 0 Å². The molecule has 1 aromatic rings. The summed E-state index contributed by atoms with van der Waals surface area (Å²) in [5.41, 5.74) is 0.714. The van der Waals surface area contributed by atoms with Crippen LogP contribution in [0.3, 0.4) is 0 Å². The highest BCUT2D eigenvalue weighted by Crippen LogP contribution is 2.66. The molecular weight excluding hydrogens is 320 g/mol. The second-order valence-electron chi connectivity index (χ2n) is 9.02. The zero-order valence-corrected chi connectivity index (χ0v) is 15.0. The summed E-state index contributed by atoms with van der Waals surface area (Å²) < 4.78 is 5.45. The molecule has 3 aliphatic rings. The smallest absolute Gasteiger partial charge is 0.162 e. The van der Waals surface area contributed by atoms with E-state index in [0.29, 0.717) is 6.42 Å². The minimum absolute atomic E-state index is 0.0408. The molecule has 2 saturated carbocycles. The highest BCUT2D eigenvalue weighted by molar-refractivity contribution is 5.85. The number of furan rings is 1. The summed E-state index contributed by atoms with van der Waals surface area (Å²) in [6.45, 7) is 3.82. The van der Waals surface area contributed by atoms with Crippen molar-refractivity contribution in [2.75, 3.05) is 13.2 Å². The SMILES string of the molecule is CC1(CO)C(O)C(=O)CC2(C)C3CCc4cocc4C3(CO)CCC12. The Kier molecular flexibility index (Phi) is 3.74. The number of aliphatic hydroxyl groups excluding tert-OH is 3. The third-order valence-corrected chi connectivity index (χ3v) is 8.02. The number of hydrogen-bond donors (Lipinski definition) is 3. The van der Waals surface area contributed by atoms with Gasteiger partial charge in [-0.05, 0) is 48.5 Å². The summed E-state index contributed by atoms with van der Waals surface area (Å²) in [5, 5.41) is 31.0. The minimum atomic E-state index is -1.11. The van der Waals surface area contributed by atoms with Crippen LogP contribution in [0.5, 0.6) is 0 Å². The van der Waals surface area contributed by atoms with Crippen molar-refractivity contribution in [3.05, 3.63) is 23.7 Å². The Bertz CT molecular complexity index is 696. The fourth-order valence-electron chi connectivity index (χ4n) is 6.79. The van der Waals surface area contributed by atoms with Gasteiger partial charge in [-0.25, -0.2) is 0 Å². The van der Waals surface area contributed by atoms with Gasteiger partial charge in [-0.3, -0.25) is 4.79 Å². The van der Waals surface area contributed by atoms with Crippen LogP contribution in [-0.2, 0) is 16.6 Å². The summed E-state index contributed by atoms with van der Waals surface area (Å²) >= 11 is 0. The lowest BCUT2D eigenvalue weighted by molar-refractivity contribution is -0.190. The molecule has 0 aliphatic heterocycles. The van der Waals surface area contributed by atoms with Crippen LogP contribution in [0.1, 0.15) is 50.7 Å². The number of carbonyl (C=O) groups is 1. The van der Waals surface area contributed by atoms with Crippen LogP contribution in [0.15, 0.2) is 16.9 Å². The van der Waals surface area contributed by atoms with E-state index in [4.69, 9.17) is 4.42 Å². The lowest BCUT2D eigenvalue weighted by Crippen LogP contribution is -2.65. The van der Waals surface area contributed by atoms with E-state index in [-0.39, 0.29) is 41.7 Å². The first kappa shape index (κ1) is 17.3. The van der Waals surface area contributed by atoms with Crippen molar-refractivity contribution >= 4 is 5.78 Å². The molecule has 1 aromatic heterocycles. The lowest BCUT2D eigenvalue weighted by atomic mass is 9.40. The molecule has 1 heterocycles. The summed E-state index contributed by atoms with van der Waals surface area (Å²) in [7, 11) is 0. The van der Waals surface area contributed by atoms with Gasteiger partial charge in [0.05, 0.1) is 25.7 Å². The Labute approximate surface area is 148 Å². The molecule has 5 heteroatoms. The van der Waals surface area contributed by atoms with Crippen LogP contribution in [0.25, 0.3) is 0 Å². The highest BCUT2D eigenvalue weighted by Gasteiger charge is 2.65. The number of fused-ring (bicyclic) bond motifs is 5. The Morgan fingerprint density at radius 3 is 2.60 bits per heavy atom. The van der Waals surface area contributed by atoms with E-state index in [0.717, 1.165) is 31.2 Å². The van der Waals surface area contributed by atoms with E-state index < -0.39 is 11.5 Å². The third-order valence-electron chi connectivity index (χ3n) is 8.02. The van der Waals surface area contributed by atoms with Gasteiger partial charge in [0.25, 0.3) is 0 Å². The Morgan fingerprint density at radius 1 is 1.16 bits per heavy atom. The molecule has 2 fully saturated rings. The van der Waals surface area contributed by atoms with Crippen molar-refractivity contribution in [3.8, 4) is 0 Å². The van der Waals surface area contributed by atoms with Crippen molar-refractivity contribution in [3.63, 3.8) is 0 Å². The molecule has 0 spiro atoms. The summed E-state index contributed by atoms with van der Waals surface area (Å²) in [6.07, 6.45) is 6.10. The van der Waals surface area contributed by atoms with Gasteiger partial charge in [0.15, 0.2) is 5.78 Å². The van der Waals surface area contributed by atoms with Gasteiger partial charge in [0.1, 0.15) is 6.10 Å². The van der Waals surface area contributed by atoms with Gasteiger partial charge in [-0.1, -0.05) is 13.8 Å². The van der Waals surface area contributed by atoms with Crippen LogP contribution in [-0.4, -0.2) is 40.4 Å². The molecule has 5 nitrogen and oxygen atoms in total. The molecule has 0 amide bonds. The second-order valence-corrected chi connectivity index (χ2v) is 9.02. The van der Waals surface area contributed by atoms with Crippen LogP contribution >= 0.6 is 0 Å². The van der Waals surface area contributed by atoms with Gasteiger partial charge >= 0.3 is 0 Å². The summed E-state index contributed by atoms with van der Waals surface area (Å²) in [4.78, 5) is 12.6. The van der Waals surface area contributed by atoms with Crippen molar-refractivity contribution < 1.29 is 24.5 Å². The topological polar surface area (TPSA) is 90.9 Å². The maximum atomic E-state index is 12.6. The first-order chi connectivity index (χ1) is 11.8. The maximum absolute atomic E-state index is 12.6. The molecular formula is C20H28O5. The van der Waals surface area contributed by atoms with Crippen LogP contribution < -0.4 is 0 Å². The zero-order valence-electron chi connectivity index (χ0n) is 15.0. The molecule has 0 bridgehead atoms. The number of ketones is 1. The number of carbonyl (C=O) groups excluding carboxylic acids is 1. The van der Waals surface area contributed by atoms with Crippen LogP contribution in [0, 0.1) is 22.7 Å². The van der Waals surface area contributed by atoms with Gasteiger partial charge < -0.3 is 19.7 Å². The normalized spacial score (nSPS) is 46.3. The van der Waals surface area contributed by atoms with Crippen LogP contribution in [0.2, 0.25) is 0 Å². The number of hydrogen-bond acceptors (Lipinski definition) is 5. The molecule has 0 aromatic carbocycles. The van der Waals surface area contributed by atoms with E-state index in [1.165, 1.54) is 5.56 Å².